The van der Waals surface area contributed by atoms with Crippen LogP contribution in [0.15, 0.2) is 18.2 Å². The standard InChI is InChI=1S/C15H21NO5/c1-15(2,6-5-13(17)18)16-14(19)10-7-11(20-3)9-12(8-10)21-4/h7-9H,5-6H2,1-4H3,(H,16,19)(H,17,18). The lowest BCUT2D eigenvalue weighted by atomic mass is 9.97. The van der Waals surface area contributed by atoms with Crippen LogP contribution >= 0.6 is 0 Å². The van der Waals surface area contributed by atoms with Crippen LogP contribution in [0, 0.1) is 0 Å². The lowest BCUT2D eigenvalue weighted by molar-refractivity contribution is -0.137. The predicted octanol–water partition coefficient (Wildman–Crippen LogP) is 2.08. The summed E-state index contributed by atoms with van der Waals surface area (Å²) in [5.41, 5.74) is -0.221. The molecule has 0 aliphatic rings. The molecule has 0 fully saturated rings. The molecule has 0 aliphatic carbocycles. The van der Waals surface area contributed by atoms with Gasteiger partial charge in [0, 0.05) is 23.6 Å². The van der Waals surface area contributed by atoms with E-state index in [-0.39, 0.29) is 12.3 Å². The maximum absolute atomic E-state index is 12.3. The van der Waals surface area contributed by atoms with Gasteiger partial charge in [-0.1, -0.05) is 0 Å². The highest BCUT2D eigenvalue weighted by atomic mass is 16.5. The van der Waals surface area contributed by atoms with Crippen molar-refractivity contribution < 1.29 is 24.2 Å². The number of carboxylic acid groups (broad SMARTS) is 1. The number of carbonyl (C=O) groups is 2. The number of ether oxygens (including phenoxy) is 2. The molecule has 0 atom stereocenters. The third kappa shape index (κ3) is 5.33. The summed E-state index contributed by atoms with van der Waals surface area (Å²) in [6.07, 6.45) is 0.337. The maximum atomic E-state index is 12.3. The van der Waals surface area contributed by atoms with Gasteiger partial charge in [-0.2, -0.15) is 0 Å². The van der Waals surface area contributed by atoms with Crippen molar-refractivity contribution in [1.29, 1.82) is 0 Å². The van der Waals surface area contributed by atoms with E-state index in [2.05, 4.69) is 5.32 Å². The van der Waals surface area contributed by atoms with Crippen LogP contribution in [0.2, 0.25) is 0 Å². The first-order valence-corrected chi connectivity index (χ1v) is 6.55. The molecule has 21 heavy (non-hydrogen) atoms. The molecule has 0 aliphatic heterocycles. The molecule has 116 valence electrons. The SMILES string of the molecule is COc1cc(OC)cc(C(=O)NC(C)(C)CCC(=O)O)c1. The molecule has 0 heterocycles. The Morgan fingerprint density at radius 2 is 1.67 bits per heavy atom. The van der Waals surface area contributed by atoms with Crippen LogP contribution in [0.3, 0.4) is 0 Å². The Hall–Kier alpha value is -2.24. The van der Waals surface area contributed by atoms with Gasteiger partial charge in [0.2, 0.25) is 0 Å². The van der Waals surface area contributed by atoms with Gasteiger partial charge in [-0.05, 0) is 32.4 Å². The molecule has 0 spiro atoms. The van der Waals surface area contributed by atoms with Crippen molar-refractivity contribution >= 4 is 11.9 Å². The summed E-state index contributed by atoms with van der Waals surface area (Å²) in [5.74, 6) is -0.159. The Morgan fingerprint density at radius 3 is 2.10 bits per heavy atom. The third-order valence-corrected chi connectivity index (χ3v) is 3.03. The second-order valence-electron chi connectivity index (χ2n) is 5.33. The van der Waals surface area contributed by atoms with Gasteiger partial charge in [-0.3, -0.25) is 9.59 Å². The van der Waals surface area contributed by atoms with E-state index in [9.17, 15) is 9.59 Å². The molecule has 2 N–H and O–H groups in total. The van der Waals surface area contributed by atoms with Gasteiger partial charge in [-0.15, -0.1) is 0 Å². The van der Waals surface area contributed by atoms with Crippen molar-refractivity contribution in [2.75, 3.05) is 14.2 Å². The lowest BCUT2D eigenvalue weighted by Crippen LogP contribution is -2.43. The molecule has 1 aromatic rings. The average molecular weight is 295 g/mol. The van der Waals surface area contributed by atoms with Crippen molar-refractivity contribution in [3.63, 3.8) is 0 Å². The molecule has 1 rings (SSSR count). The van der Waals surface area contributed by atoms with Gasteiger partial charge in [0.15, 0.2) is 0 Å². The zero-order valence-electron chi connectivity index (χ0n) is 12.7. The number of nitrogens with one attached hydrogen (secondary N) is 1. The third-order valence-electron chi connectivity index (χ3n) is 3.03. The average Bonchev–Trinajstić information content (AvgIpc) is 2.44. The van der Waals surface area contributed by atoms with E-state index in [1.807, 2.05) is 0 Å². The van der Waals surface area contributed by atoms with Gasteiger partial charge in [0.25, 0.3) is 5.91 Å². The van der Waals surface area contributed by atoms with Gasteiger partial charge in [0.1, 0.15) is 11.5 Å². The second-order valence-corrected chi connectivity index (χ2v) is 5.33. The summed E-state index contributed by atoms with van der Waals surface area (Å²) in [6.45, 7) is 3.57. The molecule has 6 heteroatoms. The summed E-state index contributed by atoms with van der Waals surface area (Å²) >= 11 is 0. The molecule has 0 aromatic heterocycles. The van der Waals surface area contributed by atoms with Crippen LogP contribution in [0.25, 0.3) is 0 Å². The monoisotopic (exact) mass is 295 g/mol. The largest absolute Gasteiger partial charge is 0.497 e. The quantitative estimate of drug-likeness (QED) is 0.804. The fourth-order valence-corrected chi connectivity index (χ4v) is 1.80. The minimum absolute atomic E-state index is 0.00525. The fourth-order valence-electron chi connectivity index (χ4n) is 1.80. The number of carboxylic acids is 1. The highest BCUT2D eigenvalue weighted by Gasteiger charge is 2.22. The smallest absolute Gasteiger partial charge is 0.303 e. The summed E-state index contributed by atoms with van der Waals surface area (Å²) in [5, 5.41) is 11.5. The van der Waals surface area contributed by atoms with E-state index in [0.717, 1.165) is 0 Å². The normalized spacial score (nSPS) is 10.9. The van der Waals surface area contributed by atoms with Crippen molar-refractivity contribution in [3.8, 4) is 11.5 Å². The van der Waals surface area contributed by atoms with E-state index in [4.69, 9.17) is 14.6 Å². The highest BCUT2D eigenvalue weighted by Crippen LogP contribution is 2.23. The Morgan fingerprint density at radius 1 is 1.14 bits per heavy atom. The first-order chi connectivity index (χ1) is 9.77. The minimum atomic E-state index is -0.889. The number of hydrogen-bond acceptors (Lipinski definition) is 4. The number of aliphatic carboxylic acids is 1. The molecule has 1 aromatic carbocycles. The van der Waals surface area contributed by atoms with E-state index < -0.39 is 11.5 Å². The molecule has 6 nitrogen and oxygen atoms in total. The Bertz CT molecular complexity index is 503. The first-order valence-electron chi connectivity index (χ1n) is 6.55. The molecular formula is C15H21NO5. The van der Waals surface area contributed by atoms with Crippen LogP contribution < -0.4 is 14.8 Å². The summed E-state index contributed by atoms with van der Waals surface area (Å²) < 4.78 is 10.2. The maximum Gasteiger partial charge on any atom is 0.303 e. The minimum Gasteiger partial charge on any atom is -0.497 e. The molecule has 0 radical (unpaired) electrons. The summed E-state index contributed by atoms with van der Waals surface area (Å²) in [6, 6.07) is 4.88. The second kappa shape index (κ2) is 6.97. The zero-order valence-corrected chi connectivity index (χ0v) is 12.7. The van der Waals surface area contributed by atoms with Gasteiger partial charge < -0.3 is 19.9 Å². The molecule has 0 saturated carbocycles. The van der Waals surface area contributed by atoms with Crippen LogP contribution in [-0.2, 0) is 4.79 Å². The zero-order chi connectivity index (χ0) is 16.0. The van der Waals surface area contributed by atoms with Crippen molar-refractivity contribution in [3.05, 3.63) is 23.8 Å². The number of hydrogen-bond donors (Lipinski definition) is 2. The summed E-state index contributed by atoms with van der Waals surface area (Å²) in [7, 11) is 3.01. The number of methoxy groups -OCH3 is 2. The number of carbonyl (C=O) groups excluding carboxylic acids is 1. The molecule has 0 bridgehead atoms. The van der Waals surface area contributed by atoms with E-state index in [1.165, 1.54) is 14.2 Å². The lowest BCUT2D eigenvalue weighted by Gasteiger charge is -2.25. The fraction of sp³-hybridized carbons (Fsp3) is 0.467. The number of benzene rings is 1. The Kier molecular flexibility index (Phi) is 5.58. The van der Waals surface area contributed by atoms with E-state index in [0.29, 0.717) is 23.5 Å². The predicted molar refractivity (Wildman–Crippen MR) is 78.0 cm³/mol. The Balaban J connectivity index is 2.85. The summed E-state index contributed by atoms with van der Waals surface area (Å²) in [4.78, 5) is 22.9. The van der Waals surface area contributed by atoms with Crippen LogP contribution in [-0.4, -0.2) is 36.7 Å². The first kappa shape index (κ1) is 16.8. The van der Waals surface area contributed by atoms with Crippen LogP contribution in [0.1, 0.15) is 37.0 Å². The molecular weight excluding hydrogens is 274 g/mol. The van der Waals surface area contributed by atoms with E-state index >= 15 is 0 Å². The topological polar surface area (TPSA) is 84.9 Å². The number of rotatable bonds is 7. The molecule has 0 unspecified atom stereocenters. The van der Waals surface area contributed by atoms with Crippen molar-refractivity contribution in [2.24, 2.45) is 0 Å². The van der Waals surface area contributed by atoms with Gasteiger partial charge in [-0.25, -0.2) is 0 Å². The van der Waals surface area contributed by atoms with Gasteiger partial charge in [0.05, 0.1) is 14.2 Å². The Labute approximate surface area is 124 Å². The van der Waals surface area contributed by atoms with Gasteiger partial charge >= 0.3 is 5.97 Å². The van der Waals surface area contributed by atoms with Crippen LogP contribution in [0.5, 0.6) is 11.5 Å². The molecule has 1 amide bonds. The van der Waals surface area contributed by atoms with E-state index in [1.54, 1.807) is 32.0 Å². The number of amides is 1. The van der Waals surface area contributed by atoms with Crippen LogP contribution in [0.4, 0.5) is 0 Å². The van der Waals surface area contributed by atoms with Crippen molar-refractivity contribution in [1.82, 2.24) is 5.32 Å². The highest BCUT2D eigenvalue weighted by molar-refractivity contribution is 5.95. The van der Waals surface area contributed by atoms with Crippen molar-refractivity contribution in [2.45, 2.75) is 32.2 Å². The molecule has 0 saturated heterocycles.